The van der Waals surface area contributed by atoms with Crippen molar-refractivity contribution in [1.82, 2.24) is 25.2 Å². The number of hydrogen-bond donors (Lipinski definition) is 2. The highest BCUT2D eigenvalue weighted by molar-refractivity contribution is 5.97. The quantitative estimate of drug-likeness (QED) is 0.318. The summed E-state index contributed by atoms with van der Waals surface area (Å²) in [4.78, 5) is 57.5. The van der Waals surface area contributed by atoms with Crippen molar-refractivity contribution >= 4 is 23.8 Å². The van der Waals surface area contributed by atoms with E-state index in [-0.39, 0.29) is 23.6 Å². The number of anilines is 1. The summed E-state index contributed by atoms with van der Waals surface area (Å²) >= 11 is 0. The van der Waals surface area contributed by atoms with Gasteiger partial charge < -0.3 is 30.4 Å². The minimum atomic E-state index is -0.750. The molecule has 3 fully saturated rings. The molecule has 3 aliphatic rings. The number of aromatic nitrogens is 2. The minimum absolute atomic E-state index is 0.161. The predicted octanol–water partition coefficient (Wildman–Crippen LogP) is 2.30. The van der Waals surface area contributed by atoms with Crippen LogP contribution in [-0.4, -0.2) is 95.9 Å². The standard InChI is InChI=1S/C30H41N7O5/c1-4-5-15-41-30(40)42-37-13-11-35(12-14-37)29(39)26(19(2)3)34-28(38)23-16-24(36-17-21-22(18-36)25(21)31)33-27(32-23)20-9-7-6-8-10-20/h6-10,16,19,21-22,25-26H,4-5,11-15,17-18,31H2,1-3H3,(H,34,38)/t21-,22+,25?,26-/m0/s1. The Balaban J connectivity index is 1.25. The van der Waals surface area contributed by atoms with Crippen LogP contribution in [0.3, 0.4) is 0 Å². The number of hydroxylamine groups is 2. The lowest BCUT2D eigenvalue weighted by Crippen LogP contribution is -2.56. The number of rotatable bonds is 10. The van der Waals surface area contributed by atoms with Gasteiger partial charge in [-0.05, 0) is 24.2 Å². The third kappa shape index (κ3) is 6.81. The number of amides is 2. The number of benzene rings is 1. The molecule has 226 valence electrons. The Hall–Kier alpha value is -3.77. The molecule has 2 amide bonds. The molecule has 0 radical (unpaired) electrons. The van der Waals surface area contributed by atoms with Gasteiger partial charge in [0.2, 0.25) is 5.91 Å². The average Bonchev–Trinajstić information content (AvgIpc) is 3.37. The number of fused-ring (bicyclic) bond motifs is 1. The van der Waals surface area contributed by atoms with E-state index in [9.17, 15) is 14.4 Å². The van der Waals surface area contributed by atoms with Crippen LogP contribution < -0.4 is 16.0 Å². The van der Waals surface area contributed by atoms with Gasteiger partial charge in [-0.25, -0.2) is 14.8 Å². The van der Waals surface area contributed by atoms with Crippen molar-refractivity contribution < 1.29 is 24.0 Å². The zero-order valence-electron chi connectivity index (χ0n) is 24.6. The van der Waals surface area contributed by atoms with Gasteiger partial charge in [0.05, 0.1) is 19.7 Å². The van der Waals surface area contributed by atoms with Crippen LogP contribution in [0.1, 0.15) is 44.1 Å². The third-order valence-electron chi connectivity index (χ3n) is 8.25. The highest BCUT2D eigenvalue weighted by Gasteiger charge is 2.54. The molecule has 1 aliphatic carbocycles. The van der Waals surface area contributed by atoms with Gasteiger partial charge in [-0.1, -0.05) is 57.5 Å². The number of piperazine rings is 1. The van der Waals surface area contributed by atoms with Crippen LogP contribution in [0.4, 0.5) is 10.6 Å². The Bertz CT molecular complexity index is 1260. The molecule has 12 nitrogen and oxygen atoms in total. The van der Waals surface area contributed by atoms with Crippen LogP contribution >= 0.6 is 0 Å². The van der Waals surface area contributed by atoms with Crippen molar-refractivity contribution in [3.05, 3.63) is 42.1 Å². The number of carbonyl (C=O) groups excluding carboxylic acids is 3. The summed E-state index contributed by atoms with van der Waals surface area (Å²) in [6.07, 6.45) is 0.962. The van der Waals surface area contributed by atoms with E-state index in [0.717, 1.165) is 31.5 Å². The number of nitrogens with two attached hydrogens (primary N) is 1. The van der Waals surface area contributed by atoms with Crippen LogP contribution in [0, 0.1) is 17.8 Å². The zero-order chi connectivity index (χ0) is 29.8. The summed E-state index contributed by atoms with van der Waals surface area (Å²) in [7, 11) is 0. The molecule has 0 bridgehead atoms. The number of carbonyl (C=O) groups is 3. The van der Waals surface area contributed by atoms with E-state index in [0.29, 0.717) is 56.3 Å². The molecule has 3 N–H and O–H groups in total. The zero-order valence-corrected chi connectivity index (χ0v) is 24.6. The minimum Gasteiger partial charge on any atom is -0.433 e. The molecule has 4 atom stereocenters. The third-order valence-corrected chi connectivity index (χ3v) is 8.25. The van der Waals surface area contributed by atoms with Crippen LogP contribution in [0.25, 0.3) is 11.4 Å². The molecule has 1 aromatic carbocycles. The average molecular weight is 580 g/mol. The van der Waals surface area contributed by atoms with Crippen molar-refractivity contribution in [2.24, 2.45) is 23.5 Å². The van der Waals surface area contributed by atoms with Gasteiger partial charge in [-0.15, -0.1) is 5.06 Å². The van der Waals surface area contributed by atoms with E-state index in [2.05, 4.69) is 15.2 Å². The van der Waals surface area contributed by atoms with Gasteiger partial charge in [0.15, 0.2) is 5.82 Å². The maximum Gasteiger partial charge on any atom is 0.527 e. The fourth-order valence-electron chi connectivity index (χ4n) is 5.55. The molecule has 0 spiro atoms. The van der Waals surface area contributed by atoms with Crippen LogP contribution in [0.5, 0.6) is 0 Å². The van der Waals surface area contributed by atoms with Crippen LogP contribution in [-0.2, 0) is 14.4 Å². The smallest absolute Gasteiger partial charge is 0.433 e. The fourth-order valence-corrected chi connectivity index (χ4v) is 5.55. The largest absolute Gasteiger partial charge is 0.527 e. The summed E-state index contributed by atoms with van der Waals surface area (Å²) in [5, 5.41) is 4.45. The summed E-state index contributed by atoms with van der Waals surface area (Å²) in [5.74, 6) is 1.28. The monoisotopic (exact) mass is 579 g/mol. The molecule has 1 aromatic heterocycles. The van der Waals surface area contributed by atoms with Gasteiger partial charge in [0.25, 0.3) is 5.91 Å². The van der Waals surface area contributed by atoms with E-state index in [1.807, 2.05) is 51.1 Å². The molecule has 42 heavy (non-hydrogen) atoms. The second-order valence-corrected chi connectivity index (χ2v) is 11.6. The SMILES string of the molecule is CCCCOC(=O)ON1CCN(C(=O)[C@@H](NC(=O)c2cc(N3C[C@@H]4C(N)[C@@H]4C3)nc(-c3ccccc3)n2)C(C)C)CC1. The van der Waals surface area contributed by atoms with E-state index in [1.165, 1.54) is 5.06 Å². The summed E-state index contributed by atoms with van der Waals surface area (Å²) in [5.41, 5.74) is 7.16. The molecule has 12 heteroatoms. The van der Waals surface area contributed by atoms with Gasteiger partial charge in [0.1, 0.15) is 17.6 Å². The molecule has 2 aromatic rings. The Labute approximate surface area is 246 Å². The van der Waals surface area contributed by atoms with Crippen LogP contribution in [0.2, 0.25) is 0 Å². The van der Waals surface area contributed by atoms with Crippen molar-refractivity contribution in [3.63, 3.8) is 0 Å². The molecule has 2 saturated heterocycles. The summed E-state index contributed by atoms with van der Waals surface area (Å²) < 4.78 is 5.05. The van der Waals surface area contributed by atoms with E-state index in [4.69, 9.17) is 20.3 Å². The van der Waals surface area contributed by atoms with Gasteiger partial charge in [0, 0.05) is 43.9 Å². The molecule has 2 aliphatic heterocycles. The van der Waals surface area contributed by atoms with E-state index < -0.39 is 18.1 Å². The highest BCUT2D eigenvalue weighted by Crippen LogP contribution is 2.45. The molecule has 1 unspecified atom stereocenters. The van der Waals surface area contributed by atoms with Crippen molar-refractivity contribution in [2.45, 2.75) is 45.7 Å². The first-order valence-electron chi connectivity index (χ1n) is 14.9. The molecule has 3 heterocycles. The molecule has 5 rings (SSSR count). The van der Waals surface area contributed by atoms with Crippen molar-refractivity contribution in [3.8, 4) is 11.4 Å². The first-order valence-corrected chi connectivity index (χ1v) is 14.9. The van der Waals surface area contributed by atoms with Crippen molar-refractivity contribution in [2.75, 3.05) is 50.8 Å². The Kier molecular flexibility index (Phi) is 9.22. The second kappa shape index (κ2) is 13.0. The molecular weight excluding hydrogens is 538 g/mol. The van der Waals surface area contributed by atoms with Gasteiger partial charge >= 0.3 is 6.16 Å². The number of nitrogens with zero attached hydrogens (tertiary/aromatic N) is 5. The molecular formula is C30H41N7O5. The van der Waals surface area contributed by atoms with Gasteiger partial charge in [-0.2, -0.15) is 0 Å². The summed E-state index contributed by atoms with van der Waals surface area (Å²) in [6, 6.07) is 10.7. The highest BCUT2D eigenvalue weighted by atomic mass is 16.8. The fraction of sp³-hybridized carbons (Fsp3) is 0.567. The number of piperidine rings is 1. The van der Waals surface area contributed by atoms with Crippen molar-refractivity contribution in [1.29, 1.82) is 0 Å². The summed E-state index contributed by atoms with van der Waals surface area (Å²) in [6.45, 7) is 9.15. The predicted molar refractivity (Wildman–Crippen MR) is 156 cm³/mol. The van der Waals surface area contributed by atoms with Gasteiger partial charge in [-0.3, -0.25) is 9.59 Å². The Morgan fingerprint density at radius 3 is 2.38 bits per heavy atom. The Morgan fingerprint density at radius 2 is 1.74 bits per heavy atom. The first-order chi connectivity index (χ1) is 20.2. The number of unbranched alkanes of at least 4 members (excludes halogenated alkanes) is 1. The number of ether oxygens (including phenoxy) is 1. The first kappa shape index (κ1) is 29.7. The topological polar surface area (TPSA) is 143 Å². The number of nitrogens with one attached hydrogen (secondary N) is 1. The van der Waals surface area contributed by atoms with E-state index in [1.54, 1.807) is 11.0 Å². The lowest BCUT2D eigenvalue weighted by Gasteiger charge is -2.35. The maximum absolute atomic E-state index is 13.6. The normalized spacial score (nSPS) is 22.5. The Morgan fingerprint density at radius 1 is 1.05 bits per heavy atom. The molecule has 1 saturated carbocycles. The van der Waals surface area contributed by atoms with E-state index >= 15 is 0 Å². The maximum atomic E-state index is 13.6. The lowest BCUT2D eigenvalue weighted by molar-refractivity contribution is -0.158. The lowest BCUT2D eigenvalue weighted by atomic mass is 10.0. The second-order valence-electron chi connectivity index (χ2n) is 11.6. The van der Waals surface area contributed by atoms with Crippen LogP contribution in [0.15, 0.2) is 36.4 Å². The number of hydrogen-bond acceptors (Lipinski definition) is 10.